The van der Waals surface area contributed by atoms with E-state index >= 15 is 0 Å². The molecule has 1 amide bonds. The molecule has 3 heterocycles. The molecule has 1 saturated heterocycles. The lowest BCUT2D eigenvalue weighted by atomic mass is 10.0. The first kappa shape index (κ1) is 16.7. The minimum absolute atomic E-state index is 0.141. The number of hydrogen-bond acceptors (Lipinski definition) is 3. The molecule has 0 bridgehead atoms. The van der Waals surface area contributed by atoms with E-state index in [1.54, 1.807) is 0 Å². The molecule has 5 heteroatoms. The molecule has 1 N–H and O–H groups in total. The van der Waals surface area contributed by atoms with Gasteiger partial charge in [-0.15, -0.1) is 0 Å². The van der Waals surface area contributed by atoms with Crippen LogP contribution in [0, 0.1) is 0 Å². The Morgan fingerprint density at radius 2 is 2.04 bits per heavy atom. The molecule has 0 aliphatic carbocycles. The molecular formula is C22H20ClN3O. The molecule has 0 radical (unpaired) electrons. The van der Waals surface area contributed by atoms with E-state index in [1.165, 1.54) is 0 Å². The lowest BCUT2D eigenvalue weighted by Crippen LogP contribution is -2.46. The zero-order valence-electron chi connectivity index (χ0n) is 14.9. The molecule has 2 aliphatic rings. The van der Waals surface area contributed by atoms with Crippen molar-refractivity contribution < 1.29 is 4.79 Å². The van der Waals surface area contributed by atoms with Crippen LogP contribution in [0.25, 0.3) is 22.2 Å². The molecule has 1 unspecified atom stereocenters. The Kier molecular flexibility index (Phi) is 4.10. The normalized spacial score (nSPS) is 19.5. The van der Waals surface area contributed by atoms with Gasteiger partial charge in [0.2, 0.25) is 0 Å². The van der Waals surface area contributed by atoms with Gasteiger partial charge in [-0.1, -0.05) is 35.9 Å². The van der Waals surface area contributed by atoms with Crippen molar-refractivity contribution in [2.75, 3.05) is 13.1 Å². The van der Waals surface area contributed by atoms with Crippen LogP contribution in [-0.2, 0) is 6.54 Å². The van der Waals surface area contributed by atoms with Gasteiger partial charge < -0.3 is 10.2 Å². The first-order valence-electron chi connectivity index (χ1n) is 9.41. The molecule has 2 aliphatic heterocycles. The third-order valence-electron chi connectivity index (χ3n) is 5.60. The summed E-state index contributed by atoms with van der Waals surface area (Å²) >= 11 is 6.52. The number of aromatic nitrogens is 1. The molecule has 4 nitrogen and oxygen atoms in total. The molecule has 27 heavy (non-hydrogen) atoms. The van der Waals surface area contributed by atoms with Crippen LogP contribution >= 0.6 is 11.6 Å². The molecule has 2 aromatic carbocycles. The van der Waals surface area contributed by atoms with Crippen molar-refractivity contribution in [1.82, 2.24) is 15.2 Å². The molecule has 3 aromatic rings. The molecule has 1 aromatic heterocycles. The summed E-state index contributed by atoms with van der Waals surface area (Å²) < 4.78 is 0. The quantitative estimate of drug-likeness (QED) is 0.725. The SMILES string of the molecule is O=C1c2ccc(-c3nc4ccccc4cc3Cl)cc2CN1C1CCCNC1. The fourth-order valence-corrected chi connectivity index (χ4v) is 4.45. The summed E-state index contributed by atoms with van der Waals surface area (Å²) in [5.74, 6) is 0.141. The van der Waals surface area contributed by atoms with Crippen molar-refractivity contribution in [2.24, 2.45) is 0 Å². The van der Waals surface area contributed by atoms with Crippen molar-refractivity contribution in [2.45, 2.75) is 25.4 Å². The number of para-hydroxylation sites is 1. The Bertz CT molecular complexity index is 1040. The topological polar surface area (TPSA) is 45.2 Å². The van der Waals surface area contributed by atoms with Crippen LogP contribution in [-0.4, -0.2) is 34.9 Å². The van der Waals surface area contributed by atoms with Crippen LogP contribution in [0.2, 0.25) is 5.02 Å². The highest BCUT2D eigenvalue weighted by atomic mass is 35.5. The van der Waals surface area contributed by atoms with E-state index in [0.29, 0.717) is 11.6 Å². The zero-order chi connectivity index (χ0) is 18.4. The van der Waals surface area contributed by atoms with E-state index in [1.807, 2.05) is 47.4 Å². The maximum absolute atomic E-state index is 12.8. The maximum atomic E-state index is 12.8. The van der Waals surface area contributed by atoms with Crippen LogP contribution < -0.4 is 5.32 Å². The van der Waals surface area contributed by atoms with E-state index in [2.05, 4.69) is 11.4 Å². The fraction of sp³-hybridized carbons (Fsp3) is 0.273. The van der Waals surface area contributed by atoms with Crippen LogP contribution in [0.1, 0.15) is 28.8 Å². The van der Waals surface area contributed by atoms with Crippen LogP contribution in [0.3, 0.4) is 0 Å². The van der Waals surface area contributed by atoms with Gasteiger partial charge in [0.1, 0.15) is 0 Å². The first-order chi connectivity index (χ1) is 13.2. The number of rotatable bonds is 2. The van der Waals surface area contributed by atoms with Gasteiger partial charge in [0.25, 0.3) is 5.91 Å². The molecule has 5 rings (SSSR count). The van der Waals surface area contributed by atoms with Crippen molar-refractivity contribution in [3.63, 3.8) is 0 Å². The number of pyridine rings is 1. The summed E-state index contributed by atoms with van der Waals surface area (Å²) in [6.07, 6.45) is 2.18. The van der Waals surface area contributed by atoms with E-state index in [-0.39, 0.29) is 11.9 Å². The number of nitrogens with zero attached hydrogens (tertiary/aromatic N) is 2. The second-order valence-corrected chi connectivity index (χ2v) is 7.72. The second kappa shape index (κ2) is 6.63. The van der Waals surface area contributed by atoms with Gasteiger partial charge in [0.15, 0.2) is 0 Å². The number of halogens is 1. The van der Waals surface area contributed by atoms with Crippen molar-refractivity contribution in [1.29, 1.82) is 0 Å². The summed E-state index contributed by atoms with van der Waals surface area (Å²) in [6.45, 7) is 2.59. The molecular weight excluding hydrogens is 358 g/mol. The highest BCUT2D eigenvalue weighted by Gasteiger charge is 2.33. The Morgan fingerprint density at radius 3 is 2.89 bits per heavy atom. The highest BCUT2D eigenvalue weighted by Crippen LogP contribution is 2.34. The van der Waals surface area contributed by atoms with E-state index < -0.39 is 0 Å². The predicted octanol–water partition coefficient (Wildman–Crippen LogP) is 4.26. The Balaban J connectivity index is 1.51. The van der Waals surface area contributed by atoms with E-state index in [0.717, 1.165) is 59.2 Å². The summed E-state index contributed by atoms with van der Waals surface area (Å²) in [5, 5.41) is 5.06. The highest BCUT2D eigenvalue weighted by molar-refractivity contribution is 6.33. The lowest BCUT2D eigenvalue weighted by Gasteiger charge is -2.31. The number of benzene rings is 2. The number of fused-ring (bicyclic) bond motifs is 2. The molecule has 1 fully saturated rings. The summed E-state index contributed by atoms with van der Waals surface area (Å²) in [7, 11) is 0. The van der Waals surface area contributed by atoms with Crippen molar-refractivity contribution in [3.8, 4) is 11.3 Å². The van der Waals surface area contributed by atoms with Gasteiger partial charge in [-0.3, -0.25) is 4.79 Å². The van der Waals surface area contributed by atoms with Gasteiger partial charge in [-0.25, -0.2) is 4.98 Å². The minimum atomic E-state index is 0.141. The predicted molar refractivity (Wildman–Crippen MR) is 108 cm³/mol. The van der Waals surface area contributed by atoms with Crippen molar-refractivity contribution >= 4 is 28.4 Å². The lowest BCUT2D eigenvalue weighted by molar-refractivity contribution is 0.0674. The number of hydrogen-bond donors (Lipinski definition) is 1. The fourth-order valence-electron chi connectivity index (χ4n) is 4.18. The standard InChI is InChI=1S/C22H20ClN3O/c23-19-11-14-4-1-2-6-20(14)25-21(19)15-7-8-18-16(10-15)13-26(22(18)27)17-5-3-9-24-12-17/h1-2,4,6-8,10-11,17,24H,3,5,9,12-13H2. The number of carbonyl (C=O) groups excluding carboxylic acids is 1. The van der Waals surface area contributed by atoms with Gasteiger partial charge >= 0.3 is 0 Å². The van der Waals surface area contributed by atoms with Crippen molar-refractivity contribution in [3.05, 3.63) is 64.7 Å². The average molecular weight is 378 g/mol. The molecule has 1 atom stereocenters. The molecule has 136 valence electrons. The van der Waals surface area contributed by atoms with Gasteiger partial charge in [0.05, 0.1) is 16.2 Å². The Morgan fingerprint density at radius 1 is 1.15 bits per heavy atom. The number of nitrogens with one attached hydrogen (secondary N) is 1. The number of piperidine rings is 1. The monoisotopic (exact) mass is 377 g/mol. The first-order valence-corrected chi connectivity index (χ1v) is 9.79. The second-order valence-electron chi connectivity index (χ2n) is 7.32. The average Bonchev–Trinajstić information content (AvgIpc) is 3.04. The van der Waals surface area contributed by atoms with Gasteiger partial charge in [0, 0.05) is 35.6 Å². The van der Waals surface area contributed by atoms with Crippen LogP contribution in [0.5, 0.6) is 0 Å². The summed E-state index contributed by atoms with van der Waals surface area (Å²) in [4.78, 5) is 19.6. The summed E-state index contributed by atoms with van der Waals surface area (Å²) in [5.41, 5.74) is 4.52. The summed E-state index contributed by atoms with van der Waals surface area (Å²) in [6, 6.07) is 16.2. The van der Waals surface area contributed by atoms with E-state index in [9.17, 15) is 4.79 Å². The van der Waals surface area contributed by atoms with Crippen LogP contribution in [0.15, 0.2) is 48.5 Å². The molecule has 0 spiro atoms. The number of amides is 1. The smallest absolute Gasteiger partial charge is 0.254 e. The maximum Gasteiger partial charge on any atom is 0.254 e. The van der Waals surface area contributed by atoms with Gasteiger partial charge in [-0.05, 0) is 49.2 Å². The Labute approximate surface area is 163 Å². The van der Waals surface area contributed by atoms with E-state index in [4.69, 9.17) is 16.6 Å². The third-order valence-corrected chi connectivity index (χ3v) is 5.89. The largest absolute Gasteiger partial charge is 0.330 e. The molecule has 0 saturated carbocycles. The Hall–Kier alpha value is -2.43. The zero-order valence-corrected chi connectivity index (χ0v) is 15.7. The van der Waals surface area contributed by atoms with Gasteiger partial charge in [-0.2, -0.15) is 0 Å². The third kappa shape index (κ3) is 2.89. The number of carbonyl (C=O) groups is 1. The van der Waals surface area contributed by atoms with Crippen LogP contribution in [0.4, 0.5) is 0 Å². The minimum Gasteiger partial charge on any atom is -0.330 e.